The Kier molecular flexibility index (Phi) is 5.74. The molecule has 2 nitrogen and oxygen atoms in total. The van der Waals surface area contributed by atoms with Gasteiger partial charge < -0.3 is 10.1 Å². The quantitative estimate of drug-likeness (QED) is 0.832. The lowest BCUT2D eigenvalue weighted by Gasteiger charge is -2.16. The molecule has 0 radical (unpaired) electrons. The van der Waals surface area contributed by atoms with E-state index in [0.29, 0.717) is 30.2 Å². The van der Waals surface area contributed by atoms with Crippen molar-refractivity contribution < 1.29 is 9.13 Å². The summed E-state index contributed by atoms with van der Waals surface area (Å²) in [4.78, 5) is 0. The van der Waals surface area contributed by atoms with Crippen LogP contribution in [0, 0.1) is 5.82 Å². The van der Waals surface area contributed by atoms with Gasteiger partial charge in [0, 0.05) is 17.7 Å². The Labute approximate surface area is 101 Å². The van der Waals surface area contributed by atoms with E-state index in [1.807, 2.05) is 14.0 Å². The maximum absolute atomic E-state index is 13.5. The van der Waals surface area contributed by atoms with Gasteiger partial charge in [-0.25, -0.2) is 4.39 Å². The van der Waals surface area contributed by atoms with Gasteiger partial charge in [0.2, 0.25) is 0 Å². The van der Waals surface area contributed by atoms with E-state index in [2.05, 4.69) is 5.32 Å². The van der Waals surface area contributed by atoms with Crippen molar-refractivity contribution in [3.8, 4) is 0 Å². The topological polar surface area (TPSA) is 21.3 Å². The van der Waals surface area contributed by atoms with E-state index >= 15 is 0 Å². The highest BCUT2D eigenvalue weighted by atomic mass is 35.5. The van der Waals surface area contributed by atoms with E-state index in [-0.39, 0.29) is 11.9 Å². The van der Waals surface area contributed by atoms with E-state index in [1.165, 1.54) is 6.07 Å². The van der Waals surface area contributed by atoms with Crippen molar-refractivity contribution in [2.24, 2.45) is 0 Å². The molecule has 0 amide bonds. The first-order valence-corrected chi connectivity index (χ1v) is 5.74. The second kappa shape index (κ2) is 6.84. The molecule has 0 aliphatic heterocycles. The predicted octanol–water partition coefficient (Wildman–Crippen LogP) is 2.65. The zero-order chi connectivity index (χ0) is 12.0. The second-order valence-corrected chi connectivity index (χ2v) is 4.02. The fraction of sp³-hybridized carbons (Fsp3) is 0.500. The molecule has 1 rings (SSSR count). The fourth-order valence-electron chi connectivity index (χ4n) is 1.46. The van der Waals surface area contributed by atoms with E-state index in [9.17, 15) is 4.39 Å². The highest BCUT2D eigenvalue weighted by Gasteiger charge is 2.10. The Balaban J connectivity index is 2.62. The summed E-state index contributed by atoms with van der Waals surface area (Å²) in [6, 6.07) is 4.88. The van der Waals surface area contributed by atoms with Crippen molar-refractivity contribution in [3.63, 3.8) is 0 Å². The van der Waals surface area contributed by atoms with Crippen molar-refractivity contribution in [2.75, 3.05) is 20.3 Å². The minimum absolute atomic E-state index is 0.121. The van der Waals surface area contributed by atoms with E-state index < -0.39 is 0 Å². The Morgan fingerprint density at radius 1 is 1.50 bits per heavy atom. The molecule has 16 heavy (non-hydrogen) atoms. The second-order valence-electron chi connectivity index (χ2n) is 3.58. The summed E-state index contributed by atoms with van der Waals surface area (Å²) in [6.45, 7) is 3.19. The summed E-state index contributed by atoms with van der Waals surface area (Å²) in [5, 5.41) is 3.53. The normalized spacial score (nSPS) is 12.8. The number of rotatable bonds is 6. The molecule has 0 heterocycles. The lowest BCUT2D eigenvalue weighted by Crippen LogP contribution is -2.32. The van der Waals surface area contributed by atoms with Crippen LogP contribution in [0.1, 0.15) is 12.5 Å². The molecule has 0 saturated carbocycles. The number of halogens is 2. The molecule has 90 valence electrons. The average Bonchev–Trinajstić information content (AvgIpc) is 2.27. The van der Waals surface area contributed by atoms with Gasteiger partial charge in [0.05, 0.1) is 6.61 Å². The molecule has 0 saturated heterocycles. The van der Waals surface area contributed by atoms with E-state index in [4.69, 9.17) is 16.3 Å². The molecular formula is C12H17ClFNO. The lowest BCUT2D eigenvalue weighted by molar-refractivity contribution is 0.125. The number of nitrogens with one attached hydrogen (secondary N) is 1. The van der Waals surface area contributed by atoms with Gasteiger partial charge >= 0.3 is 0 Å². The molecule has 0 fully saturated rings. The highest BCUT2D eigenvalue weighted by molar-refractivity contribution is 6.30. The summed E-state index contributed by atoms with van der Waals surface area (Å²) >= 11 is 5.69. The van der Waals surface area contributed by atoms with Crippen LogP contribution in [-0.2, 0) is 11.2 Å². The smallest absolute Gasteiger partial charge is 0.127 e. The predicted molar refractivity (Wildman–Crippen MR) is 64.5 cm³/mol. The number of hydrogen-bond acceptors (Lipinski definition) is 2. The van der Waals surface area contributed by atoms with Crippen LogP contribution in [0.25, 0.3) is 0 Å². The molecule has 0 bridgehead atoms. The van der Waals surface area contributed by atoms with Gasteiger partial charge in [-0.05, 0) is 38.1 Å². The van der Waals surface area contributed by atoms with Crippen molar-refractivity contribution in [1.29, 1.82) is 0 Å². The Morgan fingerprint density at radius 3 is 2.81 bits per heavy atom. The van der Waals surface area contributed by atoms with Crippen LogP contribution in [0.4, 0.5) is 4.39 Å². The summed E-state index contributed by atoms with van der Waals surface area (Å²) in [5.74, 6) is -0.260. The molecule has 1 atom stereocenters. The van der Waals surface area contributed by atoms with Crippen LogP contribution >= 0.6 is 11.6 Å². The Hall–Kier alpha value is -0.640. The van der Waals surface area contributed by atoms with Gasteiger partial charge in [-0.2, -0.15) is 0 Å². The Morgan fingerprint density at radius 2 is 2.25 bits per heavy atom. The van der Waals surface area contributed by atoms with Gasteiger partial charge in [0.25, 0.3) is 0 Å². The molecule has 0 aromatic heterocycles. The van der Waals surface area contributed by atoms with Crippen molar-refractivity contribution in [3.05, 3.63) is 34.6 Å². The lowest BCUT2D eigenvalue weighted by atomic mass is 10.1. The van der Waals surface area contributed by atoms with E-state index in [0.717, 1.165) is 0 Å². The average molecular weight is 246 g/mol. The summed E-state index contributed by atoms with van der Waals surface area (Å²) < 4.78 is 18.8. The van der Waals surface area contributed by atoms with Gasteiger partial charge in [-0.15, -0.1) is 0 Å². The number of ether oxygens (including phenoxy) is 1. The van der Waals surface area contributed by atoms with Crippen LogP contribution in [0.3, 0.4) is 0 Å². The van der Waals surface area contributed by atoms with E-state index in [1.54, 1.807) is 12.1 Å². The monoisotopic (exact) mass is 245 g/mol. The third kappa shape index (κ3) is 4.08. The number of hydrogen-bond donors (Lipinski definition) is 1. The first-order chi connectivity index (χ1) is 7.67. The van der Waals surface area contributed by atoms with Crippen LogP contribution < -0.4 is 5.32 Å². The SMILES string of the molecule is CCOCC(Cc1ccc(Cl)cc1F)NC. The maximum Gasteiger partial charge on any atom is 0.127 e. The standard InChI is InChI=1S/C12H17ClFNO/c1-3-16-8-11(15-2)6-9-4-5-10(13)7-12(9)14/h4-5,7,11,15H,3,6,8H2,1-2H3. The third-order valence-electron chi connectivity index (χ3n) is 2.41. The molecule has 1 unspecified atom stereocenters. The first-order valence-electron chi connectivity index (χ1n) is 5.36. The van der Waals surface area contributed by atoms with Crippen LogP contribution in [-0.4, -0.2) is 26.3 Å². The van der Waals surface area contributed by atoms with Gasteiger partial charge in [0.15, 0.2) is 0 Å². The van der Waals surface area contributed by atoms with Gasteiger partial charge in [0.1, 0.15) is 5.82 Å². The molecule has 0 aliphatic carbocycles. The minimum Gasteiger partial charge on any atom is -0.380 e. The number of likely N-dealkylation sites (N-methyl/N-ethyl adjacent to an activating group) is 1. The maximum atomic E-state index is 13.5. The zero-order valence-corrected chi connectivity index (χ0v) is 10.4. The first kappa shape index (κ1) is 13.4. The zero-order valence-electron chi connectivity index (χ0n) is 9.59. The molecule has 1 N–H and O–H groups in total. The highest BCUT2D eigenvalue weighted by Crippen LogP contribution is 2.16. The summed E-state index contributed by atoms with van der Waals surface area (Å²) in [7, 11) is 1.84. The van der Waals surface area contributed by atoms with Crippen LogP contribution in [0.2, 0.25) is 5.02 Å². The molecule has 0 aliphatic rings. The van der Waals surface area contributed by atoms with Crippen molar-refractivity contribution in [1.82, 2.24) is 5.32 Å². The van der Waals surface area contributed by atoms with Crippen LogP contribution in [0.15, 0.2) is 18.2 Å². The molecule has 1 aromatic carbocycles. The molecule has 4 heteroatoms. The van der Waals surface area contributed by atoms with Crippen molar-refractivity contribution in [2.45, 2.75) is 19.4 Å². The van der Waals surface area contributed by atoms with Crippen molar-refractivity contribution >= 4 is 11.6 Å². The Bertz CT molecular complexity index is 333. The van der Waals surface area contributed by atoms with Crippen LogP contribution in [0.5, 0.6) is 0 Å². The van der Waals surface area contributed by atoms with Gasteiger partial charge in [-0.1, -0.05) is 17.7 Å². The van der Waals surface area contributed by atoms with Gasteiger partial charge in [-0.3, -0.25) is 0 Å². The number of benzene rings is 1. The minimum atomic E-state index is -0.260. The third-order valence-corrected chi connectivity index (χ3v) is 2.65. The molecule has 0 spiro atoms. The summed E-state index contributed by atoms with van der Waals surface area (Å²) in [6.07, 6.45) is 0.597. The largest absolute Gasteiger partial charge is 0.380 e. The fourth-order valence-corrected chi connectivity index (χ4v) is 1.62. The summed E-state index contributed by atoms with van der Waals surface area (Å²) in [5.41, 5.74) is 0.656. The molecule has 1 aromatic rings. The molecular weight excluding hydrogens is 229 g/mol.